The Morgan fingerprint density at radius 2 is 2.14 bits per heavy atom. The first kappa shape index (κ1) is 19.4. The number of hydrogen-bond acceptors (Lipinski definition) is 5. The van der Waals surface area contributed by atoms with Gasteiger partial charge in [0.1, 0.15) is 0 Å². The van der Waals surface area contributed by atoms with E-state index in [1.807, 2.05) is 31.2 Å². The Morgan fingerprint density at radius 3 is 2.79 bits per heavy atom. The fourth-order valence-corrected chi connectivity index (χ4v) is 4.55. The van der Waals surface area contributed by atoms with Crippen molar-refractivity contribution in [2.45, 2.75) is 39.0 Å². The van der Waals surface area contributed by atoms with Crippen molar-refractivity contribution in [1.29, 1.82) is 0 Å². The minimum atomic E-state index is -0.761. The first-order valence-corrected chi connectivity index (χ1v) is 10.2. The van der Waals surface area contributed by atoms with Gasteiger partial charge in [-0.25, -0.2) is 4.79 Å². The van der Waals surface area contributed by atoms with E-state index in [4.69, 9.17) is 4.52 Å². The predicted molar refractivity (Wildman–Crippen MR) is 105 cm³/mol. The Labute approximate surface area is 169 Å². The topological polar surface area (TPSA) is 109 Å². The lowest BCUT2D eigenvalue weighted by molar-refractivity contribution is -0.149. The molecule has 2 N–H and O–H groups in total. The molecule has 2 heterocycles. The van der Waals surface area contributed by atoms with Crippen molar-refractivity contribution in [3.63, 3.8) is 0 Å². The normalized spacial score (nSPS) is 23.2. The van der Waals surface area contributed by atoms with E-state index in [0.717, 1.165) is 30.4 Å². The maximum absolute atomic E-state index is 12.5. The number of benzene rings is 1. The van der Waals surface area contributed by atoms with Crippen molar-refractivity contribution < 1.29 is 19.2 Å². The van der Waals surface area contributed by atoms with Gasteiger partial charge >= 0.3 is 12.0 Å². The van der Waals surface area contributed by atoms with E-state index in [0.29, 0.717) is 44.2 Å². The van der Waals surface area contributed by atoms with Crippen LogP contribution in [0.3, 0.4) is 0 Å². The molecule has 1 aliphatic carbocycles. The van der Waals surface area contributed by atoms with Gasteiger partial charge in [-0.2, -0.15) is 4.98 Å². The average Bonchev–Trinajstić information content (AvgIpc) is 3.42. The van der Waals surface area contributed by atoms with Crippen molar-refractivity contribution in [2.24, 2.45) is 11.3 Å². The maximum atomic E-state index is 12.5. The summed E-state index contributed by atoms with van der Waals surface area (Å²) in [4.78, 5) is 30.2. The summed E-state index contributed by atoms with van der Waals surface area (Å²) in [5.41, 5.74) is 1.22. The third-order valence-corrected chi connectivity index (χ3v) is 6.26. The first-order chi connectivity index (χ1) is 14.0. The van der Waals surface area contributed by atoms with Crippen LogP contribution in [-0.4, -0.2) is 51.8 Å². The van der Waals surface area contributed by atoms with Gasteiger partial charge in [0.25, 0.3) is 5.89 Å². The number of carboxylic acid groups (broad SMARTS) is 1. The number of hydrogen-bond donors (Lipinski definition) is 2. The number of urea groups is 1. The molecule has 8 nitrogen and oxygen atoms in total. The van der Waals surface area contributed by atoms with E-state index in [1.165, 1.54) is 0 Å². The van der Waals surface area contributed by atoms with Gasteiger partial charge in [-0.1, -0.05) is 30.6 Å². The van der Waals surface area contributed by atoms with Crippen LogP contribution in [0.4, 0.5) is 4.79 Å². The highest BCUT2D eigenvalue weighted by molar-refractivity contribution is 5.80. The van der Waals surface area contributed by atoms with Crippen LogP contribution >= 0.6 is 0 Å². The SMILES string of the molecule is CCc1noc(-c2ccc(CCNC(=O)N3C[C@@H]4CCC[C@@]4(C(=O)O)C3)cc2)n1. The summed E-state index contributed by atoms with van der Waals surface area (Å²) in [6, 6.07) is 7.66. The van der Waals surface area contributed by atoms with Crippen molar-refractivity contribution in [2.75, 3.05) is 19.6 Å². The number of carbonyl (C=O) groups excluding carboxylic acids is 1. The Kier molecular flexibility index (Phi) is 5.25. The molecule has 2 amide bonds. The third kappa shape index (κ3) is 3.71. The van der Waals surface area contributed by atoms with Crippen molar-refractivity contribution >= 4 is 12.0 Å². The maximum Gasteiger partial charge on any atom is 0.317 e. The summed E-state index contributed by atoms with van der Waals surface area (Å²) in [6.07, 6.45) is 3.92. The van der Waals surface area contributed by atoms with Gasteiger partial charge in [-0.05, 0) is 42.9 Å². The molecule has 0 radical (unpaired) electrons. The lowest BCUT2D eigenvalue weighted by Gasteiger charge is -2.23. The molecule has 8 heteroatoms. The second-order valence-corrected chi connectivity index (χ2v) is 7.98. The number of aryl methyl sites for hydroxylation is 1. The molecule has 2 atom stereocenters. The number of carbonyl (C=O) groups is 2. The zero-order chi connectivity index (χ0) is 20.4. The number of rotatable bonds is 6. The molecule has 2 fully saturated rings. The molecule has 1 saturated heterocycles. The molecule has 29 heavy (non-hydrogen) atoms. The smallest absolute Gasteiger partial charge is 0.317 e. The Bertz CT molecular complexity index is 894. The van der Waals surface area contributed by atoms with E-state index < -0.39 is 11.4 Å². The Morgan fingerprint density at radius 1 is 1.34 bits per heavy atom. The predicted octanol–water partition coefficient (Wildman–Crippen LogP) is 2.74. The fraction of sp³-hybridized carbons (Fsp3) is 0.524. The monoisotopic (exact) mass is 398 g/mol. The summed E-state index contributed by atoms with van der Waals surface area (Å²) in [5, 5.41) is 16.5. The van der Waals surface area contributed by atoms with Crippen LogP contribution in [0.15, 0.2) is 28.8 Å². The van der Waals surface area contributed by atoms with Crippen LogP contribution in [0, 0.1) is 11.3 Å². The minimum Gasteiger partial charge on any atom is -0.481 e. The van der Waals surface area contributed by atoms with Gasteiger partial charge in [0, 0.05) is 31.6 Å². The number of carboxylic acids is 1. The van der Waals surface area contributed by atoms with Gasteiger partial charge in [-0.3, -0.25) is 4.79 Å². The molecule has 0 unspecified atom stereocenters. The highest BCUT2D eigenvalue weighted by Gasteiger charge is 2.55. The van der Waals surface area contributed by atoms with Crippen molar-refractivity contribution in [1.82, 2.24) is 20.4 Å². The summed E-state index contributed by atoms with van der Waals surface area (Å²) in [5.74, 6) is 0.509. The molecule has 154 valence electrons. The van der Waals surface area contributed by atoms with Crippen LogP contribution in [0.1, 0.15) is 37.6 Å². The van der Waals surface area contributed by atoms with Crippen molar-refractivity contribution in [3.05, 3.63) is 35.7 Å². The molecule has 1 aromatic heterocycles. The van der Waals surface area contributed by atoms with E-state index in [2.05, 4.69) is 15.5 Å². The molecule has 1 aliphatic heterocycles. The van der Waals surface area contributed by atoms with Gasteiger partial charge in [-0.15, -0.1) is 0 Å². The average molecular weight is 398 g/mol. The minimum absolute atomic E-state index is 0.0798. The number of nitrogens with zero attached hydrogens (tertiary/aromatic N) is 3. The number of amides is 2. The number of fused-ring (bicyclic) bond motifs is 1. The largest absolute Gasteiger partial charge is 0.481 e. The van der Waals surface area contributed by atoms with Gasteiger partial charge < -0.3 is 19.8 Å². The Balaban J connectivity index is 1.28. The van der Waals surface area contributed by atoms with Crippen LogP contribution in [0.5, 0.6) is 0 Å². The molecule has 1 aromatic carbocycles. The van der Waals surface area contributed by atoms with E-state index >= 15 is 0 Å². The van der Waals surface area contributed by atoms with E-state index in [1.54, 1.807) is 4.90 Å². The lowest BCUT2D eigenvalue weighted by Crippen LogP contribution is -2.42. The summed E-state index contributed by atoms with van der Waals surface area (Å²) >= 11 is 0. The summed E-state index contributed by atoms with van der Waals surface area (Å²) in [6.45, 7) is 3.33. The molecule has 1 saturated carbocycles. The number of nitrogens with one attached hydrogen (secondary N) is 1. The lowest BCUT2D eigenvalue weighted by atomic mass is 9.81. The number of likely N-dealkylation sites (tertiary alicyclic amines) is 1. The zero-order valence-electron chi connectivity index (χ0n) is 16.6. The fourth-order valence-electron chi connectivity index (χ4n) is 4.55. The van der Waals surface area contributed by atoms with Crippen LogP contribution in [0.25, 0.3) is 11.5 Å². The third-order valence-electron chi connectivity index (χ3n) is 6.26. The van der Waals surface area contributed by atoms with Crippen molar-refractivity contribution in [3.8, 4) is 11.5 Å². The summed E-state index contributed by atoms with van der Waals surface area (Å²) in [7, 11) is 0. The molecule has 4 rings (SSSR count). The molecular formula is C21H26N4O4. The number of aliphatic carboxylic acids is 1. The second-order valence-electron chi connectivity index (χ2n) is 7.98. The highest BCUT2D eigenvalue weighted by atomic mass is 16.5. The first-order valence-electron chi connectivity index (χ1n) is 10.2. The quantitative estimate of drug-likeness (QED) is 0.774. The molecule has 0 bridgehead atoms. The highest BCUT2D eigenvalue weighted by Crippen LogP contribution is 2.48. The molecule has 2 aliphatic rings. The van der Waals surface area contributed by atoms with Gasteiger partial charge in [0.05, 0.1) is 5.41 Å². The van der Waals surface area contributed by atoms with Crippen LogP contribution < -0.4 is 5.32 Å². The van der Waals surface area contributed by atoms with E-state index in [9.17, 15) is 14.7 Å². The van der Waals surface area contributed by atoms with Gasteiger partial charge in [0.15, 0.2) is 5.82 Å². The molecule has 0 spiro atoms. The standard InChI is InChI=1S/C21H26N4O4/c1-2-17-23-18(29-24-17)15-7-5-14(6-8-15)9-11-22-20(28)25-12-16-4-3-10-21(16,13-25)19(26)27/h5-8,16H,2-4,9-13H2,1H3,(H,22,28)(H,26,27)/t16-,21+/m0/s1. The zero-order valence-corrected chi connectivity index (χ0v) is 16.6. The summed E-state index contributed by atoms with van der Waals surface area (Å²) < 4.78 is 5.24. The van der Waals surface area contributed by atoms with Crippen LogP contribution in [0.2, 0.25) is 0 Å². The van der Waals surface area contributed by atoms with E-state index in [-0.39, 0.29) is 11.9 Å². The Hall–Kier alpha value is -2.90. The molecular weight excluding hydrogens is 372 g/mol. The van der Waals surface area contributed by atoms with Crippen LogP contribution in [-0.2, 0) is 17.6 Å². The van der Waals surface area contributed by atoms with Gasteiger partial charge in [0.2, 0.25) is 0 Å². The number of aromatic nitrogens is 2. The second kappa shape index (κ2) is 7.85. The molecule has 2 aromatic rings.